The molecule has 0 fully saturated rings. The molecule has 0 unspecified atom stereocenters. The number of nitrogens with one attached hydrogen (secondary N) is 2. The molecular weight excluding hydrogens is 390 g/mol. The minimum atomic E-state index is -0.194. The average Bonchev–Trinajstić information content (AvgIpc) is 3.32. The van der Waals surface area contributed by atoms with Gasteiger partial charge in [0.15, 0.2) is 0 Å². The zero-order chi connectivity index (χ0) is 21.5. The highest BCUT2D eigenvalue weighted by Crippen LogP contribution is 2.24. The number of anilines is 1. The third-order valence-corrected chi connectivity index (χ3v) is 4.51. The summed E-state index contributed by atoms with van der Waals surface area (Å²) < 4.78 is 7.79. The number of para-hydroxylation sites is 2. The van der Waals surface area contributed by atoms with Crippen LogP contribution >= 0.6 is 0 Å². The first kappa shape index (κ1) is 20.2. The molecule has 0 aliphatic rings. The van der Waals surface area contributed by atoms with Crippen molar-refractivity contribution in [2.24, 2.45) is 0 Å². The van der Waals surface area contributed by atoms with E-state index in [1.54, 1.807) is 12.1 Å². The van der Waals surface area contributed by atoms with Gasteiger partial charge in [0.2, 0.25) is 0 Å². The maximum Gasteiger partial charge on any atom is 0.255 e. The number of amides is 1. The van der Waals surface area contributed by atoms with E-state index >= 15 is 0 Å². The number of nitrogens with zero attached hydrogens (tertiary/aromatic N) is 3. The number of aromatic nitrogens is 3. The van der Waals surface area contributed by atoms with Crippen molar-refractivity contribution in [2.75, 3.05) is 18.4 Å². The van der Waals surface area contributed by atoms with Crippen LogP contribution in [0.5, 0.6) is 11.5 Å². The standard InChI is InChI=1S/C24H23N5O2/c1-18-27-22(17-23(28-18)29-15-7-8-16-29)25-13-14-26-24(30)20-11-5-6-12-21(20)31-19-9-3-2-4-10-19/h2-12,15-17H,13-14H2,1H3,(H,26,30)(H,25,27,28). The molecule has 0 saturated heterocycles. The second-order valence-electron chi connectivity index (χ2n) is 6.84. The van der Waals surface area contributed by atoms with Crippen molar-refractivity contribution in [2.45, 2.75) is 6.92 Å². The topological polar surface area (TPSA) is 81.1 Å². The van der Waals surface area contributed by atoms with Crippen molar-refractivity contribution < 1.29 is 9.53 Å². The fourth-order valence-electron chi connectivity index (χ4n) is 3.08. The normalized spacial score (nSPS) is 10.5. The van der Waals surface area contributed by atoms with Crippen molar-refractivity contribution in [1.29, 1.82) is 0 Å². The molecule has 156 valence electrons. The van der Waals surface area contributed by atoms with Crippen molar-refractivity contribution in [1.82, 2.24) is 19.9 Å². The van der Waals surface area contributed by atoms with E-state index in [2.05, 4.69) is 20.6 Å². The number of benzene rings is 2. The maximum absolute atomic E-state index is 12.7. The lowest BCUT2D eigenvalue weighted by Gasteiger charge is -2.12. The molecule has 4 rings (SSSR count). The first-order valence-electron chi connectivity index (χ1n) is 10.0. The van der Waals surface area contributed by atoms with Crippen LogP contribution in [0.15, 0.2) is 85.2 Å². The average molecular weight is 413 g/mol. The summed E-state index contributed by atoms with van der Waals surface area (Å²) >= 11 is 0. The number of hydrogen-bond donors (Lipinski definition) is 2. The Morgan fingerprint density at radius 3 is 2.48 bits per heavy atom. The summed E-state index contributed by atoms with van der Waals surface area (Å²) in [4.78, 5) is 21.5. The van der Waals surface area contributed by atoms with Gasteiger partial charge in [0, 0.05) is 31.5 Å². The van der Waals surface area contributed by atoms with Gasteiger partial charge in [-0.15, -0.1) is 0 Å². The third-order valence-electron chi connectivity index (χ3n) is 4.51. The van der Waals surface area contributed by atoms with Crippen LogP contribution in [0.2, 0.25) is 0 Å². The second-order valence-corrected chi connectivity index (χ2v) is 6.84. The first-order valence-corrected chi connectivity index (χ1v) is 10.0. The van der Waals surface area contributed by atoms with E-state index in [1.165, 1.54) is 0 Å². The molecule has 31 heavy (non-hydrogen) atoms. The number of carbonyl (C=O) groups is 1. The molecule has 2 heterocycles. The third kappa shape index (κ3) is 5.27. The quantitative estimate of drug-likeness (QED) is 0.423. The number of carbonyl (C=O) groups excluding carboxylic acids is 1. The molecule has 2 aromatic heterocycles. The molecule has 0 aliphatic carbocycles. The van der Waals surface area contributed by atoms with E-state index in [9.17, 15) is 4.79 Å². The molecule has 7 heteroatoms. The largest absolute Gasteiger partial charge is 0.457 e. The summed E-state index contributed by atoms with van der Waals surface area (Å²) in [6, 6.07) is 22.4. The lowest BCUT2D eigenvalue weighted by molar-refractivity contribution is 0.0953. The lowest BCUT2D eigenvalue weighted by Crippen LogP contribution is -2.29. The van der Waals surface area contributed by atoms with E-state index in [0.717, 1.165) is 5.82 Å². The van der Waals surface area contributed by atoms with Crippen LogP contribution in [0, 0.1) is 6.92 Å². The molecule has 0 atom stereocenters. The van der Waals surface area contributed by atoms with Crippen LogP contribution in [0.1, 0.15) is 16.2 Å². The van der Waals surface area contributed by atoms with Crippen LogP contribution < -0.4 is 15.4 Å². The molecule has 2 N–H and O–H groups in total. The highest BCUT2D eigenvalue weighted by atomic mass is 16.5. The van der Waals surface area contributed by atoms with Crippen LogP contribution in [-0.4, -0.2) is 33.5 Å². The van der Waals surface area contributed by atoms with Crippen LogP contribution in [0.25, 0.3) is 5.82 Å². The van der Waals surface area contributed by atoms with E-state index in [-0.39, 0.29) is 5.91 Å². The summed E-state index contributed by atoms with van der Waals surface area (Å²) in [7, 11) is 0. The minimum Gasteiger partial charge on any atom is -0.457 e. The molecule has 0 bridgehead atoms. The summed E-state index contributed by atoms with van der Waals surface area (Å²) in [5, 5.41) is 6.16. The van der Waals surface area contributed by atoms with Gasteiger partial charge in [-0.2, -0.15) is 0 Å². The van der Waals surface area contributed by atoms with Gasteiger partial charge >= 0.3 is 0 Å². The first-order chi connectivity index (χ1) is 15.2. The monoisotopic (exact) mass is 413 g/mol. The van der Waals surface area contributed by atoms with E-state index in [0.29, 0.717) is 41.8 Å². The second kappa shape index (κ2) is 9.58. The number of rotatable bonds is 8. The smallest absolute Gasteiger partial charge is 0.255 e. The Morgan fingerprint density at radius 2 is 1.68 bits per heavy atom. The molecule has 0 saturated carbocycles. The molecule has 7 nitrogen and oxygen atoms in total. The van der Waals surface area contributed by atoms with Gasteiger partial charge in [-0.1, -0.05) is 30.3 Å². The Kier molecular flexibility index (Phi) is 6.23. The molecule has 0 radical (unpaired) electrons. The fourth-order valence-corrected chi connectivity index (χ4v) is 3.08. The Balaban J connectivity index is 1.34. The number of ether oxygens (including phenoxy) is 1. The fraction of sp³-hybridized carbons (Fsp3) is 0.125. The van der Waals surface area contributed by atoms with Gasteiger partial charge in [-0.05, 0) is 43.3 Å². The van der Waals surface area contributed by atoms with E-state index in [1.807, 2.05) is 84.5 Å². The van der Waals surface area contributed by atoms with Crippen LogP contribution in [0.3, 0.4) is 0 Å². The Hall–Kier alpha value is -4.13. The zero-order valence-electron chi connectivity index (χ0n) is 17.2. The van der Waals surface area contributed by atoms with Gasteiger partial charge in [0.05, 0.1) is 5.56 Å². The van der Waals surface area contributed by atoms with Gasteiger partial charge in [0.25, 0.3) is 5.91 Å². The summed E-state index contributed by atoms with van der Waals surface area (Å²) in [5.41, 5.74) is 0.485. The Morgan fingerprint density at radius 1 is 0.935 bits per heavy atom. The van der Waals surface area contributed by atoms with Crippen molar-refractivity contribution in [3.63, 3.8) is 0 Å². The zero-order valence-corrected chi connectivity index (χ0v) is 17.2. The van der Waals surface area contributed by atoms with Gasteiger partial charge in [-0.25, -0.2) is 9.97 Å². The highest BCUT2D eigenvalue weighted by Gasteiger charge is 2.12. The number of aryl methyl sites for hydroxylation is 1. The van der Waals surface area contributed by atoms with Gasteiger partial charge in [-0.3, -0.25) is 4.79 Å². The Bertz CT molecular complexity index is 1140. The number of hydrogen-bond acceptors (Lipinski definition) is 5. The van der Waals surface area contributed by atoms with Gasteiger partial charge < -0.3 is 19.9 Å². The molecule has 2 aromatic carbocycles. The molecular formula is C24H23N5O2. The predicted molar refractivity (Wildman–Crippen MR) is 120 cm³/mol. The Labute approximate surface area is 180 Å². The molecule has 4 aromatic rings. The predicted octanol–water partition coefficient (Wildman–Crippen LogP) is 4.21. The van der Waals surface area contributed by atoms with Crippen LogP contribution in [-0.2, 0) is 0 Å². The summed E-state index contributed by atoms with van der Waals surface area (Å²) in [5.74, 6) is 3.17. The SMILES string of the molecule is Cc1nc(NCCNC(=O)c2ccccc2Oc2ccccc2)cc(-n2cccc2)n1. The molecule has 0 spiro atoms. The lowest BCUT2D eigenvalue weighted by atomic mass is 10.2. The van der Waals surface area contributed by atoms with Crippen molar-refractivity contribution in [3.8, 4) is 17.3 Å². The highest BCUT2D eigenvalue weighted by molar-refractivity contribution is 5.97. The van der Waals surface area contributed by atoms with Gasteiger partial charge in [0.1, 0.15) is 29.0 Å². The van der Waals surface area contributed by atoms with E-state index in [4.69, 9.17) is 4.74 Å². The maximum atomic E-state index is 12.7. The molecule has 0 aliphatic heterocycles. The van der Waals surface area contributed by atoms with E-state index < -0.39 is 0 Å². The van der Waals surface area contributed by atoms with Crippen molar-refractivity contribution in [3.05, 3.63) is 96.6 Å². The van der Waals surface area contributed by atoms with Crippen molar-refractivity contribution >= 4 is 11.7 Å². The minimum absolute atomic E-state index is 0.194. The summed E-state index contributed by atoms with van der Waals surface area (Å²) in [6.07, 6.45) is 3.86. The summed E-state index contributed by atoms with van der Waals surface area (Å²) in [6.45, 7) is 2.80. The van der Waals surface area contributed by atoms with Crippen LogP contribution in [0.4, 0.5) is 5.82 Å². The molecule has 1 amide bonds.